The molecule has 0 spiro atoms. The maximum absolute atomic E-state index is 10.8. The number of hydrogen-bond acceptors (Lipinski definition) is 6. The molecule has 7 nitrogen and oxygen atoms in total. The van der Waals surface area contributed by atoms with Crippen LogP contribution in [0.2, 0.25) is 0 Å². The molecule has 0 saturated heterocycles. The summed E-state index contributed by atoms with van der Waals surface area (Å²) in [5.41, 5.74) is 7.09. The van der Waals surface area contributed by atoms with Crippen molar-refractivity contribution in [2.45, 2.75) is 17.8 Å². The zero-order valence-corrected chi connectivity index (χ0v) is 10.4. The summed E-state index contributed by atoms with van der Waals surface area (Å²) in [5, 5.41) is 17.8. The first-order chi connectivity index (χ1) is 8.58. The van der Waals surface area contributed by atoms with Gasteiger partial charge < -0.3 is 5.73 Å². The normalized spacial score (nSPS) is 10.5. The van der Waals surface area contributed by atoms with E-state index < -0.39 is 0 Å². The fourth-order valence-electron chi connectivity index (χ4n) is 1.49. The van der Waals surface area contributed by atoms with E-state index in [2.05, 4.69) is 15.2 Å². The lowest BCUT2D eigenvalue weighted by atomic mass is 10.1. The van der Waals surface area contributed by atoms with E-state index in [0.29, 0.717) is 16.5 Å². The molecule has 1 aromatic carbocycles. The Balaban J connectivity index is 2.14. The zero-order chi connectivity index (χ0) is 13.1. The number of anilines is 1. The molecule has 0 bridgehead atoms. The molecule has 94 valence electrons. The summed E-state index contributed by atoms with van der Waals surface area (Å²) in [7, 11) is 0. The highest BCUT2D eigenvalue weighted by molar-refractivity contribution is 7.98. The third-order valence-electron chi connectivity index (χ3n) is 2.45. The Morgan fingerprint density at radius 3 is 2.94 bits per heavy atom. The number of nitrogen functional groups attached to an aromatic ring is 1. The number of rotatable bonds is 4. The summed E-state index contributed by atoms with van der Waals surface area (Å²) in [6.45, 7) is 1.74. The fourth-order valence-corrected chi connectivity index (χ4v) is 2.36. The highest BCUT2D eigenvalue weighted by Crippen LogP contribution is 2.26. The Labute approximate surface area is 107 Å². The summed E-state index contributed by atoms with van der Waals surface area (Å²) in [6.07, 6.45) is 0. The first-order valence-corrected chi connectivity index (χ1v) is 6.10. The van der Waals surface area contributed by atoms with Gasteiger partial charge in [-0.2, -0.15) is 4.98 Å². The second-order valence-corrected chi connectivity index (χ2v) is 4.55. The van der Waals surface area contributed by atoms with Gasteiger partial charge >= 0.3 is 0 Å². The van der Waals surface area contributed by atoms with Crippen molar-refractivity contribution in [1.29, 1.82) is 0 Å². The van der Waals surface area contributed by atoms with Crippen LogP contribution in [0, 0.1) is 17.0 Å². The van der Waals surface area contributed by atoms with Crippen molar-refractivity contribution in [2.75, 3.05) is 5.73 Å². The van der Waals surface area contributed by atoms with Crippen LogP contribution >= 0.6 is 11.8 Å². The van der Waals surface area contributed by atoms with E-state index >= 15 is 0 Å². The maximum atomic E-state index is 10.8. The molecule has 2 aromatic rings. The van der Waals surface area contributed by atoms with Crippen molar-refractivity contribution < 1.29 is 4.92 Å². The monoisotopic (exact) mass is 265 g/mol. The minimum atomic E-state index is -0.381. The number of hydrogen-bond donors (Lipinski definition) is 2. The quantitative estimate of drug-likeness (QED) is 0.496. The van der Waals surface area contributed by atoms with Crippen LogP contribution in [0.15, 0.2) is 23.4 Å². The molecule has 0 saturated carbocycles. The van der Waals surface area contributed by atoms with E-state index in [4.69, 9.17) is 5.73 Å². The Bertz CT molecular complexity index is 583. The number of benzene rings is 1. The first kappa shape index (κ1) is 12.4. The molecule has 0 radical (unpaired) electrons. The zero-order valence-electron chi connectivity index (χ0n) is 9.58. The van der Waals surface area contributed by atoms with Gasteiger partial charge in [-0.15, -0.1) is 5.10 Å². The fraction of sp³-hybridized carbons (Fsp3) is 0.200. The average Bonchev–Trinajstić information content (AvgIpc) is 2.73. The topological polar surface area (TPSA) is 111 Å². The molecule has 0 aliphatic rings. The minimum absolute atomic E-state index is 0.127. The SMILES string of the molecule is Cc1c(CSc2n[nH]c(N)n2)cccc1[N+](=O)[O-]. The third-order valence-corrected chi connectivity index (χ3v) is 3.35. The molecule has 1 heterocycles. The Morgan fingerprint density at radius 1 is 1.56 bits per heavy atom. The lowest BCUT2D eigenvalue weighted by molar-refractivity contribution is -0.385. The van der Waals surface area contributed by atoms with E-state index in [9.17, 15) is 10.1 Å². The van der Waals surface area contributed by atoms with Crippen LogP contribution in [0.25, 0.3) is 0 Å². The number of aromatic nitrogens is 3. The number of thioether (sulfide) groups is 1. The standard InChI is InChI=1S/C10H11N5O2S/c1-6-7(3-2-4-8(6)15(16)17)5-18-10-12-9(11)13-14-10/h2-4H,5H2,1H3,(H3,11,12,13,14). The number of nitrogens with two attached hydrogens (primary N) is 1. The van der Waals surface area contributed by atoms with Gasteiger partial charge in [0.15, 0.2) is 0 Å². The van der Waals surface area contributed by atoms with Crippen LogP contribution in [0.1, 0.15) is 11.1 Å². The molecule has 3 N–H and O–H groups in total. The molecule has 1 aromatic heterocycles. The van der Waals surface area contributed by atoms with Gasteiger partial charge in [-0.25, -0.2) is 5.10 Å². The highest BCUT2D eigenvalue weighted by atomic mass is 32.2. The average molecular weight is 265 g/mol. The third kappa shape index (κ3) is 2.59. The van der Waals surface area contributed by atoms with Gasteiger partial charge in [0.2, 0.25) is 11.1 Å². The predicted octanol–water partition coefficient (Wildman–Crippen LogP) is 1.90. The molecule has 0 atom stereocenters. The van der Waals surface area contributed by atoms with Gasteiger partial charge in [0.1, 0.15) is 0 Å². The van der Waals surface area contributed by atoms with Gasteiger partial charge in [-0.1, -0.05) is 23.9 Å². The number of nitro benzene ring substituents is 1. The van der Waals surface area contributed by atoms with E-state index in [0.717, 1.165) is 5.56 Å². The Kier molecular flexibility index (Phi) is 3.47. The van der Waals surface area contributed by atoms with Crippen molar-refractivity contribution in [1.82, 2.24) is 15.2 Å². The molecule has 0 unspecified atom stereocenters. The summed E-state index contributed by atoms with van der Waals surface area (Å²) in [4.78, 5) is 14.4. The summed E-state index contributed by atoms with van der Waals surface area (Å²) >= 11 is 1.37. The number of H-pyrrole nitrogens is 1. The molecule has 0 fully saturated rings. The molecule has 0 aliphatic heterocycles. The second kappa shape index (κ2) is 5.05. The van der Waals surface area contributed by atoms with Crippen LogP contribution in [-0.4, -0.2) is 20.1 Å². The Hall–Kier alpha value is -2.09. The van der Waals surface area contributed by atoms with Crippen LogP contribution < -0.4 is 5.73 Å². The number of nitro groups is 1. The van der Waals surface area contributed by atoms with Crippen LogP contribution in [0.3, 0.4) is 0 Å². The van der Waals surface area contributed by atoms with E-state index in [1.54, 1.807) is 13.0 Å². The molecular formula is C10H11N5O2S. The predicted molar refractivity (Wildman–Crippen MR) is 68.2 cm³/mol. The molecule has 2 rings (SSSR count). The van der Waals surface area contributed by atoms with Crippen LogP contribution in [0.5, 0.6) is 0 Å². The van der Waals surface area contributed by atoms with Crippen LogP contribution in [-0.2, 0) is 5.75 Å². The van der Waals surface area contributed by atoms with Crippen molar-refractivity contribution in [3.05, 3.63) is 39.4 Å². The smallest absolute Gasteiger partial charge is 0.272 e. The van der Waals surface area contributed by atoms with E-state index in [1.165, 1.54) is 17.8 Å². The molecule has 0 aliphatic carbocycles. The molecule has 0 amide bonds. The van der Waals surface area contributed by atoms with Crippen molar-refractivity contribution in [3.63, 3.8) is 0 Å². The lowest BCUT2D eigenvalue weighted by Crippen LogP contribution is -1.95. The number of aromatic amines is 1. The van der Waals surface area contributed by atoms with Crippen molar-refractivity contribution >= 4 is 23.4 Å². The van der Waals surface area contributed by atoms with Gasteiger partial charge in [0.05, 0.1) is 4.92 Å². The van der Waals surface area contributed by atoms with E-state index in [-0.39, 0.29) is 16.6 Å². The number of nitrogens with one attached hydrogen (secondary N) is 1. The van der Waals surface area contributed by atoms with Gasteiger partial charge in [-0.05, 0) is 12.5 Å². The lowest BCUT2D eigenvalue weighted by Gasteiger charge is -2.04. The number of nitrogens with zero attached hydrogens (tertiary/aromatic N) is 3. The van der Waals surface area contributed by atoms with E-state index in [1.807, 2.05) is 6.07 Å². The molecular weight excluding hydrogens is 254 g/mol. The summed E-state index contributed by atoms with van der Waals surface area (Å²) in [5.74, 6) is 0.818. The minimum Gasteiger partial charge on any atom is -0.368 e. The largest absolute Gasteiger partial charge is 0.368 e. The van der Waals surface area contributed by atoms with Crippen LogP contribution in [0.4, 0.5) is 11.6 Å². The Morgan fingerprint density at radius 2 is 2.33 bits per heavy atom. The second-order valence-electron chi connectivity index (χ2n) is 3.61. The van der Waals surface area contributed by atoms with Gasteiger partial charge in [0.25, 0.3) is 5.69 Å². The van der Waals surface area contributed by atoms with Crippen molar-refractivity contribution in [3.8, 4) is 0 Å². The summed E-state index contributed by atoms with van der Waals surface area (Å²) in [6, 6.07) is 5.02. The van der Waals surface area contributed by atoms with Gasteiger partial charge in [0, 0.05) is 17.4 Å². The van der Waals surface area contributed by atoms with Gasteiger partial charge in [-0.3, -0.25) is 10.1 Å². The molecule has 18 heavy (non-hydrogen) atoms. The summed E-state index contributed by atoms with van der Waals surface area (Å²) < 4.78 is 0. The highest BCUT2D eigenvalue weighted by Gasteiger charge is 2.13. The molecule has 8 heteroatoms. The first-order valence-electron chi connectivity index (χ1n) is 5.11. The maximum Gasteiger partial charge on any atom is 0.272 e. The van der Waals surface area contributed by atoms with Crippen molar-refractivity contribution in [2.24, 2.45) is 0 Å².